The quantitative estimate of drug-likeness (QED) is 0.774. The number of halogens is 2. The smallest absolute Gasteiger partial charge is 0.237 e. The van der Waals surface area contributed by atoms with Gasteiger partial charge in [0.25, 0.3) is 0 Å². The van der Waals surface area contributed by atoms with Crippen LogP contribution >= 0.6 is 22.3 Å². The summed E-state index contributed by atoms with van der Waals surface area (Å²) >= 11 is 5.78. The van der Waals surface area contributed by atoms with Crippen LogP contribution in [0.15, 0.2) is 18.3 Å². The molecule has 1 aromatic heterocycles. The van der Waals surface area contributed by atoms with E-state index in [-0.39, 0.29) is 18.9 Å². The highest BCUT2D eigenvalue weighted by atomic mass is 35.7. The van der Waals surface area contributed by atoms with E-state index in [2.05, 4.69) is 4.98 Å². The summed E-state index contributed by atoms with van der Waals surface area (Å²) in [5.74, 6) is 0.0132. The lowest BCUT2D eigenvalue weighted by molar-refractivity contribution is -0.117. The second kappa shape index (κ2) is 4.44. The Balaban J connectivity index is 2.28. The first-order chi connectivity index (χ1) is 7.88. The van der Waals surface area contributed by atoms with Gasteiger partial charge in [0, 0.05) is 34.9 Å². The van der Waals surface area contributed by atoms with E-state index in [1.807, 2.05) is 0 Å². The molecule has 1 fully saturated rings. The molecule has 1 unspecified atom stereocenters. The van der Waals surface area contributed by atoms with Crippen molar-refractivity contribution in [3.8, 4) is 0 Å². The molecule has 1 atom stereocenters. The average molecular weight is 295 g/mol. The molecule has 1 aliphatic heterocycles. The highest BCUT2D eigenvalue weighted by molar-refractivity contribution is 8.14. The van der Waals surface area contributed by atoms with Crippen LogP contribution in [-0.2, 0) is 13.8 Å². The normalized spacial score (nSPS) is 20.9. The van der Waals surface area contributed by atoms with Crippen molar-refractivity contribution in [1.29, 1.82) is 0 Å². The van der Waals surface area contributed by atoms with Gasteiger partial charge in [-0.3, -0.25) is 9.69 Å². The third kappa shape index (κ3) is 2.70. The van der Waals surface area contributed by atoms with Gasteiger partial charge < -0.3 is 0 Å². The minimum Gasteiger partial charge on any atom is -0.295 e. The number of aromatic nitrogens is 1. The number of anilines is 1. The Bertz CT molecular complexity index is 561. The standard InChI is InChI=1S/C9H8Cl2N2O3S/c10-6-1-2-12-8(3-6)13-5-7(4-9(13)14)17(11,15)16/h1-3,7H,4-5H2. The molecule has 1 amide bonds. The molecular weight excluding hydrogens is 287 g/mol. The molecule has 1 aliphatic rings. The van der Waals surface area contributed by atoms with E-state index in [9.17, 15) is 13.2 Å². The number of nitrogens with zero attached hydrogens (tertiary/aromatic N) is 2. The Kier molecular flexibility index (Phi) is 3.29. The second-order valence-electron chi connectivity index (χ2n) is 3.64. The van der Waals surface area contributed by atoms with Gasteiger partial charge in [-0.1, -0.05) is 11.6 Å². The van der Waals surface area contributed by atoms with Gasteiger partial charge in [-0.05, 0) is 12.1 Å². The number of carbonyl (C=O) groups is 1. The van der Waals surface area contributed by atoms with E-state index >= 15 is 0 Å². The van der Waals surface area contributed by atoms with Crippen LogP contribution in [-0.4, -0.2) is 31.1 Å². The molecule has 2 rings (SSSR count). The van der Waals surface area contributed by atoms with Crippen LogP contribution < -0.4 is 4.90 Å². The molecule has 5 nitrogen and oxygen atoms in total. The first-order valence-corrected chi connectivity index (χ1v) is 7.48. The Hall–Kier alpha value is -0.850. The molecule has 8 heteroatoms. The molecule has 0 aromatic carbocycles. The van der Waals surface area contributed by atoms with Gasteiger partial charge in [0.1, 0.15) is 11.1 Å². The van der Waals surface area contributed by atoms with Crippen molar-refractivity contribution in [2.24, 2.45) is 0 Å². The molecule has 0 N–H and O–H groups in total. The van der Waals surface area contributed by atoms with Gasteiger partial charge in [0.2, 0.25) is 15.0 Å². The Morgan fingerprint density at radius 3 is 2.71 bits per heavy atom. The topological polar surface area (TPSA) is 67.3 Å². The van der Waals surface area contributed by atoms with Crippen molar-refractivity contribution in [1.82, 2.24) is 4.98 Å². The third-order valence-corrected chi connectivity index (χ3v) is 4.57. The van der Waals surface area contributed by atoms with Crippen molar-refractivity contribution in [2.45, 2.75) is 11.7 Å². The van der Waals surface area contributed by atoms with Crippen molar-refractivity contribution in [3.63, 3.8) is 0 Å². The Labute approximate surface area is 108 Å². The lowest BCUT2D eigenvalue weighted by Gasteiger charge is -2.14. The van der Waals surface area contributed by atoms with E-state index in [1.54, 1.807) is 6.07 Å². The number of pyridine rings is 1. The van der Waals surface area contributed by atoms with Gasteiger partial charge in [0.05, 0.1) is 0 Å². The molecular formula is C9H8Cl2N2O3S. The van der Waals surface area contributed by atoms with Crippen LogP contribution in [0.3, 0.4) is 0 Å². The van der Waals surface area contributed by atoms with Crippen LogP contribution in [0.5, 0.6) is 0 Å². The van der Waals surface area contributed by atoms with Crippen LogP contribution in [0.4, 0.5) is 5.82 Å². The van der Waals surface area contributed by atoms with Crippen LogP contribution in [0, 0.1) is 0 Å². The number of hydrogen-bond donors (Lipinski definition) is 0. The van der Waals surface area contributed by atoms with E-state index in [4.69, 9.17) is 22.3 Å². The number of carbonyl (C=O) groups excluding carboxylic acids is 1. The van der Waals surface area contributed by atoms with Gasteiger partial charge in [-0.15, -0.1) is 0 Å². The zero-order chi connectivity index (χ0) is 12.6. The lowest BCUT2D eigenvalue weighted by atomic mass is 10.4. The van der Waals surface area contributed by atoms with Crippen LogP contribution in [0.2, 0.25) is 5.02 Å². The fourth-order valence-electron chi connectivity index (χ4n) is 1.63. The maximum Gasteiger partial charge on any atom is 0.237 e. The van der Waals surface area contributed by atoms with Gasteiger partial charge in [0.15, 0.2) is 0 Å². The fourth-order valence-corrected chi connectivity index (χ4v) is 2.81. The maximum atomic E-state index is 11.7. The van der Waals surface area contributed by atoms with Crippen molar-refractivity contribution in [3.05, 3.63) is 23.4 Å². The summed E-state index contributed by atoms with van der Waals surface area (Å²) in [4.78, 5) is 16.9. The van der Waals surface area contributed by atoms with Gasteiger partial charge in [-0.2, -0.15) is 0 Å². The Morgan fingerprint density at radius 1 is 1.47 bits per heavy atom. The van der Waals surface area contributed by atoms with Crippen LogP contribution in [0.1, 0.15) is 6.42 Å². The first-order valence-electron chi connectivity index (χ1n) is 4.73. The molecule has 92 valence electrons. The van der Waals surface area contributed by atoms with E-state index in [1.165, 1.54) is 17.2 Å². The minimum absolute atomic E-state index is 0.0119. The van der Waals surface area contributed by atoms with E-state index in [0.29, 0.717) is 10.8 Å². The first kappa shape index (κ1) is 12.6. The van der Waals surface area contributed by atoms with Gasteiger partial charge >= 0.3 is 0 Å². The molecule has 0 saturated carbocycles. The van der Waals surface area contributed by atoms with Crippen molar-refractivity contribution < 1.29 is 13.2 Å². The molecule has 2 heterocycles. The summed E-state index contributed by atoms with van der Waals surface area (Å²) in [6, 6.07) is 3.07. The second-order valence-corrected chi connectivity index (χ2v) is 6.98. The summed E-state index contributed by atoms with van der Waals surface area (Å²) in [7, 11) is 1.50. The molecule has 17 heavy (non-hydrogen) atoms. The van der Waals surface area contributed by atoms with Crippen molar-refractivity contribution in [2.75, 3.05) is 11.4 Å². The highest BCUT2D eigenvalue weighted by Crippen LogP contribution is 2.26. The summed E-state index contributed by atoms with van der Waals surface area (Å²) in [5.41, 5.74) is 0. The summed E-state index contributed by atoms with van der Waals surface area (Å²) in [6.07, 6.45) is 1.33. The number of amides is 1. The molecule has 0 radical (unpaired) electrons. The zero-order valence-corrected chi connectivity index (χ0v) is 10.8. The molecule has 0 aliphatic carbocycles. The molecule has 0 bridgehead atoms. The summed E-state index contributed by atoms with van der Waals surface area (Å²) in [5, 5.41) is -0.461. The largest absolute Gasteiger partial charge is 0.295 e. The predicted molar refractivity (Wildman–Crippen MR) is 64.8 cm³/mol. The predicted octanol–water partition coefficient (Wildman–Crippen LogP) is 1.41. The number of hydrogen-bond acceptors (Lipinski definition) is 4. The molecule has 1 saturated heterocycles. The van der Waals surface area contributed by atoms with Crippen LogP contribution in [0.25, 0.3) is 0 Å². The summed E-state index contributed by atoms with van der Waals surface area (Å²) in [6.45, 7) is 0.0119. The monoisotopic (exact) mass is 294 g/mol. The number of rotatable bonds is 2. The lowest BCUT2D eigenvalue weighted by Crippen LogP contribution is -2.27. The third-order valence-electron chi connectivity index (χ3n) is 2.47. The van der Waals surface area contributed by atoms with Gasteiger partial charge in [-0.25, -0.2) is 13.4 Å². The minimum atomic E-state index is -3.74. The SMILES string of the molecule is O=C1CC(S(=O)(=O)Cl)CN1c1cc(Cl)ccn1. The molecule has 0 spiro atoms. The van der Waals surface area contributed by atoms with E-state index in [0.717, 1.165) is 0 Å². The maximum absolute atomic E-state index is 11.7. The van der Waals surface area contributed by atoms with E-state index < -0.39 is 14.3 Å². The summed E-state index contributed by atoms with van der Waals surface area (Å²) < 4.78 is 22.3. The highest BCUT2D eigenvalue weighted by Gasteiger charge is 2.38. The zero-order valence-electron chi connectivity index (χ0n) is 8.51. The fraction of sp³-hybridized carbons (Fsp3) is 0.333. The Morgan fingerprint density at radius 2 is 2.18 bits per heavy atom. The molecule has 1 aromatic rings. The van der Waals surface area contributed by atoms with Crippen molar-refractivity contribution >= 4 is 43.1 Å². The average Bonchev–Trinajstić information content (AvgIpc) is 2.60.